The van der Waals surface area contributed by atoms with Crippen LogP contribution >= 0.6 is 11.6 Å². The fourth-order valence-corrected chi connectivity index (χ4v) is 5.88. The maximum absolute atomic E-state index is 6.51. The van der Waals surface area contributed by atoms with Gasteiger partial charge in [0.05, 0.1) is 23.0 Å². The van der Waals surface area contributed by atoms with Gasteiger partial charge < -0.3 is 19.5 Å². The topological polar surface area (TPSA) is 57.6 Å². The molecule has 2 bridgehead atoms. The summed E-state index contributed by atoms with van der Waals surface area (Å²) in [7, 11) is -0.371. The van der Waals surface area contributed by atoms with Crippen molar-refractivity contribution in [3.05, 3.63) is 35.0 Å². The number of benzene rings is 1. The molecule has 2 aromatic rings. The van der Waals surface area contributed by atoms with Crippen LogP contribution in [0, 0.1) is 17.3 Å². The highest BCUT2D eigenvalue weighted by Crippen LogP contribution is 2.65. The third-order valence-corrected chi connectivity index (χ3v) is 7.70. The van der Waals surface area contributed by atoms with Crippen LogP contribution in [0.3, 0.4) is 0 Å². The van der Waals surface area contributed by atoms with Crippen molar-refractivity contribution < 1.29 is 13.7 Å². The lowest BCUT2D eigenvalue weighted by Crippen LogP contribution is -2.65. The van der Waals surface area contributed by atoms with Gasteiger partial charge in [-0.15, -0.1) is 0 Å². The van der Waals surface area contributed by atoms with Crippen LogP contribution in [-0.4, -0.2) is 24.8 Å². The van der Waals surface area contributed by atoms with E-state index in [-0.39, 0.29) is 24.8 Å². The molecule has 0 radical (unpaired) electrons. The fraction of sp³-hybridized carbons (Fsp3) is 0.600. The summed E-state index contributed by atoms with van der Waals surface area (Å²) in [6.07, 6.45) is 4.87. The van der Waals surface area contributed by atoms with Crippen molar-refractivity contribution in [1.82, 2.24) is 0 Å². The third-order valence-electron chi connectivity index (χ3n) is 7.41. The second kappa shape index (κ2) is 5.51. The first-order valence-corrected chi connectivity index (χ1v) is 9.92. The average molecular weight is 374 g/mol. The first kappa shape index (κ1) is 17.1. The van der Waals surface area contributed by atoms with Gasteiger partial charge in [-0.1, -0.05) is 37.6 Å². The maximum Gasteiger partial charge on any atom is 0.475 e. The highest BCUT2D eigenvalue weighted by atomic mass is 35.5. The Labute approximate surface area is 159 Å². The summed E-state index contributed by atoms with van der Waals surface area (Å²) in [4.78, 5) is 0. The van der Waals surface area contributed by atoms with Crippen molar-refractivity contribution in [2.75, 3.05) is 0 Å². The van der Waals surface area contributed by atoms with Gasteiger partial charge in [-0.3, -0.25) is 0 Å². The summed E-state index contributed by atoms with van der Waals surface area (Å²) in [6, 6.07) is 5.78. The number of halogens is 1. The summed E-state index contributed by atoms with van der Waals surface area (Å²) in [5.41, 5.74) is 8.40. The van der Waals surface area contributed by atoms with E-state index in [0.29, 0.717) is 28.4 Å². The zero-order valence-electron chi connectivity index (χ0n) is 15.5. The molecule has 3 aliphatic carbocycles. The van der Waals surface area contributed by atoms with Gasteiger partial charge in [-0.25, -0.2) is 0 Å². The SMILES string of the molecule is CC1(C)[C@@H]2C[C@H]3OB(C(N)Cc4coc5c(Cl)cccc45)O[C@@]3(C)[C@H]1C2. The summed E-state index contributed by atoms with van der Waals surface area (Å²) in [5.74, 6) is 1.05. The van der Waals surface area contributed by atoms with E-state index in [9.17, 15) is 0 Å². The largest absolute Gasteiger partial charge is 0.475 e. The van der Waals surface area contributed by atoms with Gasteiger partial charge in [0.1, 0.15) is 0 Å². The van der Waals surface area contributed by atoms with E-state index in [0.717, 1.165) is 23.3 Å². The van der Waals surface area contributed by atoms with Gasteiger partial charge in [0.2, 0.25) is 0 Å². The Balaban J connectivity index is 1.36. The van der Waals surface area contributed by atoms with Crippen LogP contribution in [0.1, 0.15) is 39.2 Å². The molecule has 138 valence electrons. The van der Waals surface area contributed by atoms with Crippen molar-refractivity contribution in [1.29, 1.82) is 0 Å². The number of fused-ring (bicyclic) bond motifs is 1. The van der Waals surface area contributed by atoms with Crippen LogP contribution in [-0.2, 0) is 15.7 Å². The molecule has 6 heteroatoms. The van der Waals surface area contributed by atoms with Crippen molar-refractivity contribution in [2.45, 2.75) is 57.7 Å². The molecule has 0 spiro atoms. The first-order valence-electron chi connectivity index (χ1n) is 9.54. The van der Waals surface area contributed by atoms with Gasteiger partial charge >= 0.3 is 7.12 Å². The number of rotatable bonds is 3. The Bertz CT molecular complexity index is 868. The molecule has 2 N–H and O–H groups in total. The number of nitrogens with two attached hydrogens (primary N) is 1. The summed E-state index contributed by atoms with van der Waals surface area (Å²) < 4.78 is 18.4. The second-order valence-electron chi connectivity index (χ2n) is 9.08. The zero-order valence-corrected chi connectivity index (χ0v) is 16.3. The minimum absolute atomic E-state index is 0.158. The highest BCUT2D eigenvalue weighted by molar-refractivity contribution is 6.47. The van der Waals surface area contributed by atoms with Crippen LogP contribution in [0.4, 0.5) is 0 Å². The molecule has 0 amide bonds. The summed E-state index contributed by atoms with van der Waals surface area (Å²) in [6.45, 7) is 6.95. The molecule has 26 heavy (non-hydrogen) atoms. The van der Waals surface area contributed by atoms with E-state index in [2.05, 4.69) is 20.8 Å². The van der Waals surface area contributed by atoms with Crippen LogP contribution in [0.25, 0.3) is 11.0 Å². The predicted molar refractivity (Wildman–Crippen MR) is 103 cm³/mol. The van der Waals surface area contributed by atoms with E-state index in [1.54, 1.807) is 6.26 Å². The molecule has 4 fully saturated rings. The van der Waals surface area contributed by atoms with Crippen molar-refractivity contribution in [3.63, 3.8) is 0 Å². The minimum atomic E-state index is -0.371. The standard InChI is InChI=1S/C20H25BClNO3/c1-19(2)12-8-15(19)20(3)16(9-12)25-21(26-20)17(23)7-11-10-24-18-13(11)5-4-6-14(18)22/h4-6,10,12,15-17H,7-9,23H2,1-3H3/t12-,15-,16+,17?,20-/m0/s1. The second-order valence-corrected chi connectivity index (χ2v) is 9.49. The molecule has 4 aliphatic rings. The van der Waals surface area contributed by atoms with Crippen LogP contribution in [0.15, 0.2) is 28.9 Å². The van der Waals surface area contributed by atoms with E-state index >= 15 is 0 Å². The van der Waals surface area contributed by atoms with Gasteiger partial charge in [0, 0.05) is 11.3 Å². The zero-order chi connectivity index (χ0) is 18.3. The molecule has 1 aromatic heterocycles. The molecule has 1 unspecified atom stereocenters. The Hall–Kier alpha value is -1.01. The Kier molecular flexibility index (Phi) is 3.63. The lowest BCUT2D eigenvalue weighted by molar-refractivity contribution is -0.199. The van der Waals surface area contributed by atoms with E-state index in [4.69, 9.17) is 31.1 Å². The number of hydrogen-bond donors (Lipinski definition) is 1. The summed E-state index contributed by atoms with van der Waals surface area (Å²) >= 11 is 6.21. The van der Waals surface area contributed by atoms with Crippen molar-refractivity contribution >= 4 is 29.7 Å². The third kappa shape index (κ3) is 2.21. The Morgan fingerprint density at radius 2 is 2.12 bits per heavy atom. The molecule has 1 aliphatic heterocycles. The van der Waals surface area contributed by atoms with Gasteiger partial charge in [0.25, 0.3) is 0 Å². The number of furan rings is 1. The Morgan fingerprint density at radius 1 is 1.31 bits per heavy atom. The van der Waals surface area contributed by atoms with Crippen molar-refractivity contribution in [3.8, 4) is 0 Å². The van der Waals surface area contributed by atoms with Crippen LogP contribution in [0.5, 0.6) is 0 Å². The van der Waals surface area contributed by atoms with Gasteiger partial charge in [-0.2, -0.15) is 0 Å². The minimum Gasteiger partial charge on any atom is -0.462 e. The van der Waals surface area contributed by atoms with E-state index in [1.807, 2.05) is 18.2 Å². The molecule has 5 atom stereocenters. The van der Waals surface area contributed by atoms with Crippen molar-refractivity contribution in [2.24, 2.45) is 23.0 Å². The lowest BCUT2D eigenvalue weighted by atomic mass is 9.43. The van der Waals surface area contributed by atoms with Gasteiger partial charge in [-0.05, 0) is 55.1 Å². The van der Waals surface area contributed by atoms with Crippen LogP contribution in [0.2, 0.25) is 5.02 Å². The molecule has 1 aromatic carbocycles. The lowest BCUT2D eigenvalue weighted by Gasteiger charge is -2.64. The summed E-state index contributed by atoms with van der Waals surface area (Å²) in [5, 5.41) is 1.63. The molecular formula is C20H25BClNO3. The average Bonchev–Trinajstić information content (AvgIpc) is 3.16. The normalized spacial score (nSPS) is 36.0. The number of para-hydroxylation sites is 1. The Morgan fingerprint density at radius 3 is 2.88 bits per heavy atom. The molecular weight excluding hydrogens is 348 g/mol. The fourth-order valence-electron chi connectivity index (χ4n) is 5.67. The van der Waals surface area contributed by atoms with E-state index in [1.165, 1.54) is 6.42 Å². The maximum atomic E-state index is 6.51. The molecule has 2 heterocycles. The van der Waals surface area contributed by atoms with Gasteiger partial charge in [0.15, 0.2) is 5.58 Å². The predicted octanol–water partition coefficient (Wildman–Crippen LogP) is 4.22. The monoisotopic (exact) mass is 373 g/mol. The van der Waals surface area contributed by atoms with Crippen LogP contribution < -0.4 is 5.73 Å². The number of hydrogen-bond acceptors (Lipinski definition) is 4. The first-order chi connectivity index (χ1) is 12.3. The smallest absolute Gasteiger partial charge is 0.462 e. The molecule has 3 saturated carbocycles. The highest BCUT2D eigenvalue weighted by Gasteiger charge is 2.68. The molecule has 4 nitrogen and oxygen atoms in total. The molecule has 6 rings (SSSR count). The molecule has 1 saturated heterocycles. The van der Waals surface area contributed by atoms with E-state index < -0.39 is 0 Å². The quantitative estimate of drug-likeness (QED) is 0.818.